The van der Waals surface area contributed by atoms with E-state index in [0.717, 1.165) is 15.2 Å². The van der Waals surface area contributed by atoms with Gasteiger partial charge >= 0.3 is 0 Å². The van der Waals surface area contributed by atoms with Crippen molar-refractivity contribution in [3.8, 4) is 0 Å². The second-order valence-corrected chi connectivity index (χ2v) is 7.96. The van der Waals surface area contributed by atoms with E-state index < -0.39 is 0 Å². The highest BCUT2D eigenvalue weighted by Crippen LogP contribution is 2.25. The minimum absolute atomic E-state index is 0.0301. The molecule has 0 atom stereocenters. The number of benzene rings is 1. The van der Waals surface area contributed by atoms with E-state index in [1.165, 1.54) is 12.5 Å². The minimum atomic E-state index is -0.0437. The predicted octanol–water partition coefficient (Wildman–Crippen LogP) is 3.40. The van der Waals surface area contributed by atoms with Gasteiger partial charge in [0.05, 0.1) is 28.6 Å². The zero-order valence-electron chi connectivity index (χ0n) is 15.1. The molecule has 1 saturated heterocycles. The molecule has 0 radical (unpaired) electrons. The van der Waals surface area contributed by atoms with Gasteiger partial charge in [-0.25, -0.2) is 4.98 Å². The highest BCUT2D eigenvalue weighted by Gasteiger charge is 2.30. The van der Waals surface area contributed by atoms with Crippen LogP contribution in [0.2, 0.25) is 0 Å². The number of likely N-dealkylation sites (tertiary alicyclic amines) is 1. The van der Waals surface area contributed by atoms with E-state index in [1.807, 2.05) is 31.3 Å². The smallest absolute Gasteiger partial charge is 0.257 e. The van der Waals surface area contributed by atoms with Crippen molar-refractivity contribution < 1.29 is 14.0 Å². The van der Waals surface area contributed by atoms with Gasteiger partial charge in [-0.1, -0.05) is 12.1 Å². The summed E-state index contributed by atoms with van der Waals surface area (Å²) in [5.74, 6) is 0.0555. The number of thiazole rings is 1. The number of amides is 2. The van der Waals surface area contributed by atoms with E-state index in [-0.39, 0.29) is 17.7 Å². The fourth-order valence-electron chi connectivity index (χ4n) is 3.48. The van der Waals surface area contributed by atoms with Crippen LogP contribution in [0.15, 0.2) is 47.3 Å². The maximum Gasteiger partial charge on any atom is 0.257 e. The number of piperidine rings is 1. The van der Waals surface area contributed by atoms with Gasteiger partial charge in [-0.2, -0.15) is 0 Å². The Hall–Kier alpha value is -2.67. The summed E-state index contributed by atoms with van der Waals surface area (Å²) < 4.78 is 6.12. The van der Waals surface area contributed by atoms with E-state index in [4.69, 9.17) is 4.42 Å². The Kier molecular flexibility index (Phi) is 4.94. The second-order valence-electron chi connectivity index (χ2n) is 6.85. The fraction of sp³-hybridized carbons (Fsp3) is 0.350. The first-order valence-corrected chi connectivity index (χ1v) is 9.84. The topological polar surface area (TPSA) is 66.7 Å². The van der Waals surface area contributed by atoms with Crippen LogP contribution in [0, 0.1) is 5.92 Å². The Labute approximate surface area is 161 Å². The highest BCUT2D eigenvalue weighted by atomic mass is 32.1. The molecule has 0 aliphatic carbocycles. The molecule has 1 aliphatic heterocycles. The van der Waals surface area contributed by atoms with E-state index in [1.54, 1.807) is 27.2 Å². The number of hydrogen-bond donors (Lipinski definition) is 0. The lowest BCUT2D eigenvalue weighted by atomic mass is 9.95. The van der Waals surface area contributed by atoms with Gasteiger partial charge in [-0.05, 0) is 31.0 Å². The molecule has 3 aromatic rings. The normalized spacial score (nSPS) is 15.2. The Morgan fingerprint density at radius 2 is 2.04 bits per heavy atom. The summed E-state index contributed by atoms with van der Waals surface area (Å²) in [6, 6.07) is 9.68. The molecule has 1 fully saturated rings. The second kappa shape index (κ2) is 7.52. The van der Waals surface area contributed by atoms with E-state index in [0.29, 0.717) is 38.0 Å². The number of rotatable bonds is 4. The highest BCUT2D eigenvalue weighted by molar-refractivity contribution is 7.18. The Balaban J connectivity index is 1.33. The fourth-order valence-corrected chi connectivity index (χ4v) is 4.50. The van der Waals surface area contributed by atoms with Crippen molar-refractivity contribution in [2.75, 3.05) is 20.1 Å². The standard InChI is InChI=1S/C20H21N3O3S/c1-22(12-18-21-16-4-2-3-5-17(16)27-18)19(24)14-6-9-23(10-7-14)20(25)15-8-11-26-13-15/h2-5,8,11,13-14H,6-7,9-10,12H2,1H3. The Morgan fingerprint density at radius 3 is 2.74 bits per heavy atom. The van der Waals surface area contributed by atoms with Crippen molar-refractivity contribution in [2.45, 2.75) is 19.4 Å². The van der Waals surface area contributed by atoms with Crippen molar-refractivity contribution in [1.29, 1.82) is 0 Å². The molecular weight excluding hydrogens is 362 g/mol. The SMILES string of the molecule is CN(Cc1nc2ccccc2s1)C(=O)C1CCN(C(=O)c2ccoc2)CC1. The zero-order chi connectivity index (χ0) is 18.8. The third-order valence-electron chi connectivity index (χ3n) is 4.99. The van der Waals surface area contributed by atoms with Crippen LogP contribution in [0.25, 0.3) is 10.2 Å². The molecule has 140 valence electrons. The summed E-state index contributed by atoms with van der Waals surface area (Å²) in [5.41, 5.74) is 1.54. The van der Waals surface area contributed by atoms with Crippen molar-refractivity contribution in [3.63, 3.8) is 0 Å². The van der Waals surface area contributed by atoms with Crippen LogP contribution >= 0.6 is 11.3 Å². The summed E-state index contributed by atoms with van der Waals surface area (Å²) in [6.07, 6.45) is 4.34. The molecular formula is C20H21N3O3S. The Bertz CT molecular complexity index is 909. The van der Waals surface area contributed by atoms with Crippen molar-refractivity contribution >= 4 is 33.4 Å². The third kappa shape index (κ3) is 3.73. The minimum Gasteiger partial charge on any atom is -0.472 e. The van der Waals surface area contributed by atoms with Crippen molar-refractivity contribution in [1.82, 2.24) is 14.8 Å². The third-order valence-corrected chi connectivity index (χ3v) is 6.01. The molecule has 0 spiro atoms. The van der Waals surface area contributed by atoms with Crippen molar-refractivity contribution in [2.24, 2.45) is 5.92 Å². The van der Waals surface area contributed by atoms with Gasteiger partial charge in [0.2, 0.25) is 5.91 Å². The largest absolute Gasteiger partial charge is 0.472 e. The lowest BCUT2D eigenvalue weighted by Gasteiger charge is -2.32. The molecule has 0 N–H and O–H groups in total. The summed E-state index contributed by atoms with van der Waals surface area (Å²) in [7, 11) is 1.83. The van der Waals surface area contributed by atoms with E-state index in [2.05, 4.69) is 4.98 Å². The van der Waals surface area contributed by atoms with Gasteiger partial charge in [-0.15, -0.1) is 11.3 Å². The van der Waals surface area contributed by atoms with Gasteiger partial charge in [0, 0.05) is 26.1 Å². The quantitative estimate of drug-likeness (QED) is 0.693. The molecule has 3 heterocycles. The molecule has 1 aliphatic rings. The predicted molar refractivity (Wildman–Crippen MR) is 103 cm³/mol. The van der Waals surface area contributed by atoms with Gasteiger partial charge < -0.3 is 14.2 Å². The van der Waals surface area contributed by atoms with Crippen LogP contribution < -0.4 is 0 Å². The molecule has 0 bridgehead atoms. The molecule has 2 amide bonds. The number of fused-ring (bicyclic) bond motifs is 1. The maximum atomic E-state index is 12.8. The molecule has 0 unspecified atom stereocenters. The number of carbonyl (C=O) groups excluding carboxylic acids is 2. The molecule has 0 saturated carbocycles. The lowest BCUT2D eigenvalue weighted by Crippen LogP contribution is -2.43. The van der Waals surface area contributed by atoms with Crippen molar-refractivity contribution in [3.05, 3.63) is 53.4 Å². The average molecular weight is 383 g/mol. The summed E-state index contributed by atoms with van der Waals surface area (Å²) >= 11 is 1.63. The zero-order valence-corrected chi connectivity index (χ0v) is 15.9. The van der Waals surface area contributed by atoms with Crippen LogP contribution in [0.1, 0.15) is 28.2 Å². The number of furan rings is 1. The van der Waals surface area contributed by atoms with Crippen LogP contribution in [0.5, 0.6) is 0 Å². The first-order chi connectivity index (χ1) is 13.1. The molecule has 2 aromatic heterocycles. The van der Waals surface area contributed by atoms with Gasteiger partial charge in [0.25, 0.3) is 5.91 Å². The number of nitrogens with zero attached hydrogens (tertiary/aromatic N) is 3. The van der Waals surface area contributed by atoms with Crippen LogP contribution in [-0.4, -0.2) is 46.7 Å². The maximum absolute atomic E-state index is 12.8. The van der Waals surface area contributed by atoms with Gasteiger partial charge in [0.15, 0.2) is 0 Å². The number of hydrogen-bond acceptors (Lipinski definition) is 5. The Morgan fingerprint density at radius 1 is 1.26 bits per heavy atom. The number of aromatic nitrogens is 1. The number of para-hydroxylation sites is 1. The molecule has 1 aromatic carbocycles. The molecule has 6 nitrogen and oxygen atoms in total. The molecule has 7 heteroatoms. The molecule has 27 heavy (non-hydrogen) atoms. The summed E-state index contributed by atoms with van der Waals surface area (Å²) in [5, 5.41) is 0.944. The first-order valence-electron chi connectivity index (χ1n) is 9.02. The van der Waals surface area contributed by atoms with Gasteiger partial charge in [-0.3, -0.25) is 9.59 Å². The van der Waals surface area contributed by atoms with E-state index >= 15 is 0 Å². The van der Waals surface area contributed by atoms with Crippen LogP contribution in [0.3, 0.4) is 0 Å². The average Bonchev–Trinajstić information content (AvgIpc) is 3.36. The summed E-state index contributed by atoms with van der Waals surface area (Å²) in [4.78, 5) is 33.3. The monoisotopic (exact) mass is 383 g/mol. The lowest BCUT2D eigenvalue weighted by molar-refractivity contribution is -0.136. The first kappa shape index (κ1) is 17.7. The van der Waals surface area contributed by atoms with Crippen LogP contribution in [-0.2, 0) is 11.3 Å². The van der Waals surface area contributed by atoms with Gasteiger partial charge in [0.1, 0.15) is 11.3 Å². The molecule has 4 rings (SSSR count). The van der Waals surface area contributed by atoms with E-state index in [9.17, 15) is 9.59 Å². The van der Waals surface area contributed by atoms with Crippen LogP contribution in [0.4, 0.5) is 0 Å². The summed E-state index contributed by atoms with van der Waals surface area (Å²) in [6.45, 7) is 1.71. The number of carbonyl (C=O) groups is 2.